The number of alkyl halides is 6. The molecule has 1 amide bonds. The molecule has 4 aromatic carbocycles. The number of ether oxygens (including phenoxy) is 1. The maximum Gasteiger partial charge on any atom is 0.442 e. The summed E-state index contributed by atoms with van der Waals surface area (Å²) in [4.78, 5) is 25.8. The molecule has 0 bridgehead atoms. The van der Waals surface area contributed by atoms with E-state index in [0.717, 1.165) is 30.3 Å². The van der Waals surface area contributed by atoms with Gasteiger partial charge in [0.2, 0.25) is 0 Å². The van der Waals surface area contributed by atoms with Crippen LogP contribution in [-0.4, -0.2) is 32.6 Å². The van der Waals surface area contributed by atoms with Gasteiger partial charge in [-0.05, 0) is 48.5 Å². The first-order chi connectivity index (χ1) is 20.5. The Kier molecular flexibility index (Phi) is 9.06. The van der Waals surface area contributed by atoms with E-state index in [1.807, 2.05) is 0 Å². The second kappa shape index (κ2) is 12.1. The minimum atomic E-state index is -6.27. The van der Waals surface area contributed by atoms with Crippen molar-refractivity contribution in [2.24, 2.45) is 0 Å². The number of hydrogen-bond acceptors (Lipinski definition) is 5. The predicted octanol–water partition coefficient (Wildman–Crippen LogP) is 8.21. The summed E-state index contributed by atoms with van der Waals surface area (Å²) in [5.41, 5.74) is -8.59. The summed E-state index contributed by atoms with van der Waals surface area (Å²) in [6.07, 6.45) is -12.5. The van der Waals surface area contributed by atoms with Crippen LogP contribution >= 0.6 is 23.2 Å². The topological polar surface area (TPSA) is 80.8 Å². The summed E-state index contributed by atoms with van der Waals surface area (Å²) in [6, 6.07) is 17.6. The first-order valence-electron chi connectivity index (χ1n) is 12.1. The van der Waals surface area contributed by atoms with Crippen LogP contribution < -0.4 is 4.31 Å². The molecule has 0 atom stereocenters. The molecule has 230 valence electrons. The van der Waals surface area contributed by atoms with Gasteiger partial charge in [-0.2, -0.15) is 30.6 Å². The zero-order chi connectivity index (χ0) is 32.5. The Morgan fingerprint density at radius 2 is 1.09 bits per heavy atom. The van der Waals surface area contributed by atoms with E-state index in [-0.39, 0.29) is 27.0 Å². The Morgan fingerprint density at radius 3 is 1.57 bits per heavy atom. The number of nitrogens with zero attached hydrogens (tertiary/aromatic N) is 1. The fourth-order valence-corrected chi connectivity index (χ4v) is 5.98. The summed E-state index contributed by atoms with van der Waals surface area (Å²) < 4.78 is 118. The van der Waals surface area contributed by atoms with Gasteiger partial charge in [0.1, 0.15) is 0 Å². The number of esters is 1. The lowest BCUT2D eigenvalue weighted by atomic mass is 9.91. The van der Waals surface area contributed by atoms with E-state index in [0.29, 0.717) is 12.1 Å². The van der Waals surface area contributed by atoms with Crippen molar-refractivity contribution in [2.45, 2.75) is 22.8 Å². The van der Waals surface area contributed by atoms with Crippen LogP contribution in [0.4, 0.5) is 32.0 Å². The molecule has 0 saturated heterocycles. The zero-order valence-corrected chi connectivity index (χ0v) is 24.1. The van der Waals surface area contributed by atoms with Gasteiger partial charge in [0.05, 0.1) is 31.8 Å². The third-order valence-electron chi connectivity index (χ3n) is 6.22. The quantitative estimate of drug-likeness (QED) is 0.146. The first-order valence-corrected chi connectivity index (χ1v) is 14.3. The van der Waals surface area contributed by atoms with Crippen LogP contribution in [0.15, 0.2) is 108 Å². The average Bonchev–Trinajstić information content (AvgIpc) is 2.96. The molecular weight excluding hydrogens is 659 g/mol. The molecule has 4 rings (SSSR count). The second-order valence-electron chi connectivity index (χ2n) is 8.96. The Morgan fingerprint density at radius 1 is 0.636 bits per heavy atom. The number of benzene rings is 4. The van der Waals surface area contributed by atoms with Crippen molar-refractivity contribution >= 4 is 50.8 Å². The number of carbonyl (C=O) groups is 2. The SMILES string of the molecule is O=C(OC(c1ccc(N(C(=O)c2ccccc2Cl)S(=O)(=O)c2ccccc2)cc1)(C(F)(F)F)C(F)(F)F)c1ccccc1Cl. The number of anilines is 1. The van der Waals surface area contributed by atoms with Gasteiger partial charge in [-0.1, -0.05) is 77.8 Å². The molecule has 0 heterocycles. The van der Waals surface area contributed by atoms with Gasteiger partial charge in [-0.25, -0.2) is 13.2 Å². The molecule has 0 fully saturated rings. The summed E-state index contributed by atoms with van der Waals surface area (Å²) in [5.74, 6) is -3.29. The van der Waals surface area contributed by atoms with Gasteiger partial charge < -0.3 is 4.74 Å². The highest BCUT2D eigenvalue weighted by atomic mass is 35.5. The number of halogens is 8. The van der Waals surface area contributed by atoms with Crippen molar-refractivity contribution in [3.05, 3.63) is 130 Å². The molecule has 0 spiro atoms. The van der Waals surface area contributed by atoms with Gasteiger partial charge in [0.25, 0.3) is 15.9 Å². The van der Waals surface area contributed by atoms with Crippen molar-refractivity contribution in [3.8, 4) is 0 Å². The molecular formula is C29H17Cl2F6NO5S. The number of amides is 1. The average molecular weight is 676 g/mol. The Hall–Kier alpha value is -4.07. The highest BCUT2D eigenvalue weighted by molar-refractivity contribution is 7.93. The molecule has 0 radical (unpaired) electrons. The summed E-state index contributed by atoms with van der Waals surface area (Å²) >= 11 is 11.9. The second-order valence-corrected chi connectivity index (χ2v) is 11.6. The Labute approximate surface area is 256 Å². The van der Waals surface area contributed by atoms with E-state index in [1.165, 1.54) is 48.5 Å². The molecule has 0 aliphatic carbocycles. The largest absolute Gasteiger partial charge is 0.442 e. The number of sulfonamides is 1. The fourth-order valence-electron chi connectivity index (χ4n) is 4.12. The van der Waals surface area contributed by atoms with Gasteiger partial charge in [-0.3, -0.25) is 4.79 Å². The van der Waals surface area contributed by atoms with Crippen LogP contribution in [-0.2, 0) is 20.4 Å². The molecule has 4 aromatic rings. The minimum absolute atomic E-state index is 0.179. The molecule has 0 unspecified atom stereocenters. The third kappa shape index (κ3) is 5.99. The lowest BCUT2D eigenvalue weighted by molar-refractivity contribution is -0.373. The van der Waals surface area contributed by atoms with Crippen molar-refractivity contribution in [3.63, 3.8) is 0 Å². The third-order valence-corrected chi connectivity index (χ3v) is 8.60. The number of carbonyl (C=O) groups excluding carboxylic acids is 2. The van der Waals surface area contributed by atoms with Gasteiger partial charge >= 0.3 is 23.9 Å². The summed E-state index contributed by atoms with van der Waals surface area (Å²) in [5, 5.41) is -0.645. The standard InChI is InChI=1S/C29H17Cl2F6NO5S/c30-23-12-6-4-10-21(23)25(39)38(44(41,42)20-8-2-1-3-9-20)19-16-14-18(15-17-19)27(28(32,33)34,29(35,36)37)43-26(40)22-11-5-7-13-24(22)31/h1-17H. The molecule has 15 heteroatoms. The lowest BCUT2D eigenvalue weighted by Gasteiger charge is -2.37. The maximum atomic E-state index is 14.4. The van der Waals surface area contributed by atoms with Gasteiger partial charge in [-0.15, -0.1) is 0 Å². The molecule has 0 aliphatic rings. The van der Waals surface area contributed by atoms with E-state index in [2.05, 4.69) is 4.74 Å². The smallest absolute Gasteiger partial charge is 0.431 e. The van der Waals surface area contributed by atoms with E-state index < -0.39 is 66.6 Å². The number of rotatable bonds is 7. The van der Waals surface area contributed by atoms with Crippen LogP contribution in [0.1, 0.15) is 26.3 Å². The first kappa shape index (κ1) is 32.8. The van der Waals surface area contributed by atoms with Crippen molar-refractivity contribution in [1.29, 1.82) is 0 Å². The van der Waals surface area contributed by atoms with E-state index >= 15 is 0 Å². The highest BCUT2D eigenvalue weighted by Crippen LogP contribution is 2.53. The van der Waals surface area contributed by atoms with Crippen LogP contribution in [0.25, 0.3) is 0 Å². The summed E-state index contributed by atoms with van der Waals surface area (Å²) in [7, 11) is -4.80. The van der Waals surface area contributed by atoms with Crippen LogP contribution in [0.3, 0.4) is 0 Å². The van der Waals surface area contributed by atoms with Crippen LogP contribution in [0, 0.1) is 0 Å². The molecule has 0 aromatic heterocycles. The van der Waals surface area contributed by atoms with Gasteiger partial charge in [0, 0.05) is 5.56 Å². The van der Waals surface area contributed by atoms with Crippen molar-refractivity contribution < 1.29 is 49.1 Å². The fraction of sp³-hybridized carbons (Fsp3) is 0.103. The molecule has 6 nitrogen and oxygen atoms in total. The lowest BCUT2D eigenvalue weighted by Crippen LogP contribution is -2.57. The minimum Gasteiger partial charge on any atom is -0.431 e. The van der Waals surface area contributed by atoms with E-state index in [9.17, 15) is 44.3 Å². The predicted molar refractivity (Wildman–Crippen MR) is 149 cm³/mol. The van der Waals surface area contributed by atoms with Crippen LogP contribution in [0.5, 0.6) is 0 Å². The van der Waals surface area contributed by atoms with Gasteiger partial charge in [0.15, 0.2) is 0 Å². The normalized spacial score (nSPS) is 12.5. The Balaban J connectivity index is 1.90. The van der Waals surface area contributed by atoms with Crippen molar-refractivity contribution in [2.75, 3.05) is 4.31 Å². The van der Waals surface area contributed by atoms with Crippen molar-refractivity contribution in [1.82, 2.24) is 0 Å². The molecule has 0 saturated carbocycles. The molecule has 0 N–H and O–H groups in total. The van der Waals surface area contributed by atoms with E-state index in [4.69, 9.17) is 23.2 Å². The van der Waals surface area contributed by atoms with Crippen LogP contribution in [0.2, 0.25) is 10.0 Å². The molecule has 44 heavy (non-hydrogen) atoms. The summed E-state index contributed by atoms with van der Waals surface area (Å²) in [6.45, 7) is 0. The maximum absolute atomic E-state index is 14.4. The zero-order valence-electron chi connectivity index (χ0n) is 21.7. The highest BCUT2D eigenvalue weighted by Gasteiger charge is 2.75. The monoisotopic (exact) mass is 675 g/mol. The number of hydrogen-bond donors (Lipinski definition) is 0. The molecule has 0 aliphatic heterocycles. The van der Waals surface area contributed by atoms with E-state index in [1.54, 1.807) is 0 Å². The Bertz CT molecular complexity index is 1780.